The van der Waals surface area contributed by atoms with Crippen molar-refractivity contribution < 1.29 is 0 Å². The molecule has 0 unspecified atom stereocenters. The lowest BCUT2D eigenvalue weighted by Gasteiger charge is -2.20. The van der Waals surface area contributed by atoms with Gasteiger partial charge in [0.1, 0.15) is 0 Å². The molecule has 0 atom stereocenters. The maximum atomic E-state index is 5.46. The highest BCUT2D eigenvalue weighted by Crippen LogP contribution is 2.09. The third kappa shape index (κ3) is 145. The van der Waals surface area contributed by atoms with E-state index in [9.17, 15) is 0 Å². The molecule has 0 aliphatic heterocycles. The van der Waals surface area contributed by atoms with Crippen LogP contribution in [-0.4, -0.2) is 446 Å². The van der Waals surface area contributed by atoms with Crippen molar-refractivity contribution in [2.75, 3.05) is 368 Å². The first kappa shape index (κ1) is 147. The van der Waals surface area contributed by atoms with Gasteiger partial charge in [-0.25, -0.2) is 0 Å². The van der Waals surface area contributed by atoms with Crippen molar-refractivity contribution in [1.82, 2.24) is 89.0 Å². The van der Waals surface area contributed by atoms with Crippen LogP contribution >= 0.6 is 15.9 Å². The summed E-state index contributed by atoms with van der Waals surface area (Å²) >= 11 is 3.35. The second-order valence-electron chi connectivity index (χ2n) is 38.8. The van der Waals surface area contributed by atoms with E-state index in [4.69, 9.17) is 11.5 Å². The van der Waals surface area contributed by atoms with E-state index in [1.54, 1.807) is 0 Å². The fourth-order valence-electron chi connectivity index (χ4n) is 13.9. The van der Waals surface area contributed by atoms with Crippen molar-refractivity contribution in [3.63, 3.8) is 0 Å². The van der Waals surface area contributed by atoms with Crippen LogP contribution in [0.3, 0.4) is 0 Å². The zero-order valence-electron chi connectivity index (χ0n) is 95.8. The summed E-state index contributed by atoms with van der Waals surface area (Å²) in [5, 5.41) is 7.58. The maximum Gasteiger partial charge on any atom is 0.00313 e. The van der Waals surface area contributed by atoms with Crippen LogP contribution in [-0.2, 0) is 0 Å². The summed E-state index contributed by atoms with van der Waals surface area (Å²) < 4.78 is 0. The minimum atomic E-state index is 0.829. The molecule has 0 aromatic carbocycles. The van der Waals surface area contributed by atoms with Crippen LogP contribution in [0.15, 0.2) is 0 Å². The number of nitrogens with zero attached hydrogens (tertiary/aromatic N) is 16. The van der Waals surface area contributed by atoms with Crippen molar-refractivity contribution in [3.05, 3.63) is 0 Å². The van der Waals surface area contributed by atoms with Crippen molar-refractivity contribution in [2.24, 2.45) is 11.5 Å². The molecule has 0 aliphatic rings. The van der Waals surface area contributed by atoms with Crippen LogP contribution in [0.2, 0.25) is 0 Å². The normalized spacial score (nSPS) is 11.5. The van der Waals surface area contributed by atoms with Crippen LogP contribution in [0.5, 0.6) is 0 Å². The molecule has 20 nitrogen and oxygen atoms in total. The van der Waals surface area contributed by atoms with E-state index in [0.717, 1.165) is 58.7 Å². The lowest BCUT2D eigenvalue weighted by molar-refractivity contribution is 0.271. The number of nitrogens with two attached hydrogens (primary N) is 2. The van der Waals surface area contributed by atoms with Gasteiger partial charge in [-0.05, 0) is 549 Å². The van der Waals surface area contributed by atoms with Crippen molar-refractivity contribution in [1.29, 1.82) is 0 Å². The van der Waals surface area contributed by atoms with E-state index in [1.807, 2.05) is 14.1 Å². The highest BCUT2D eigenvalue weighted by molar-refractivity contribution is 9.09. The van der Waals surface area contributed by atoms with E-state index in [2.05, 4.69) is 308 Å². The number of unbranched alkanes of at least 4 members (excludes halogenated alkanes) is 24. The number of alkyl halides is 1. The third-order valence-corrected chi connectivity index (χ3v) is 25.7. The van der Waals surface area contributed by atoms with Gasteiger partial charge >= 0.3 is 0 Å². The van der Waals surface area contributed by atoms with Crippen LogP contribution in [0.25, 0.3) is 0 Å². The number of halogens is 1. The van der Waals surface area contributed by atoms with Crippen molar-refractivity contribution >= 4 is 15.9 Å². The van der Waals surface area contributed by atoms with E-state index >= 15 is 0 Å². The minimum absolute atomic E-state index is 0.829. The summed E-state index contributed by atoms with van der Waals surface area (Å²) in [5.41, 5.74) is 10.8. The lowest BCUT2D eigenvalue weighted by Crippen LogP contribution is -2.26. The predicted molar refractivity (Wildman–Crippen MR) is 603 cm³/mol. The average molecular weight is 1930 g/mol. The van der Waals surface area contributed by atoms with Gasteiger partial charge < -0.3 is 100 Å². The van der Waals surface area contributed by atoms with Gasteiger partial charge in [0, 0.05) is 5.33 Å². The summed E-state index contributed by atoms with van der Waals surface area (Å²) in [7, 11) is 39.6. The molecular formula is C109H255BrN20. The fraction of sp³-hybridized carbons (Fsp3) is 1.00. The van der Waals surface area contributed by atoms with Gasteiger partial charge in [-0.2, -0.15) is 0 Å². The minimum Gasteiger partial charge on any atom is -0.330 e. The van der Waals surface area contributed by atoms with Crippen LogP contribution in [0.4, 0.5) is 0 Å². The molecule has 0 fully saturated rings. The molecule has 0 bridgehead atoms. The summed E-state index contributed by atoms with van der Waals surface area (Å²) in [5.74, 6) is 0. The molecule has 0 saturated heterocycles. The van der Waals surface area contributed by atoms with Gasteiger partial charge in [0.15, 0.2) is 0 Å². The Morgan fingerprint density at radius 1 is 0.154 bits per heavy atom. The zero-order chi connectivity index (χ0) is 99.8. The number of hydrogen-bond donors (Lipinski definition) is 4. The smallest absolute Gasteiger partial charge is 0.00313 e. The van der Waals surface area contributed by atoms with E-state index in [1.165, 1.54) is 446 Å². The SMILES string of the molecule is CCCCCBr.CCCCCCN(C)CC.CCCCCCN(C)CCCCN(C)CCCCN(C)CC.CCCCCN(C)CC.CCCCCN(C)CCCCN(C)CC.CCN(C)CCCCN.CCN(C)CCCCN(C)CCCCN.CCN(C)CCCCN(C)CCCCN(C)CCCCN(C)CCCCNC.CCN(C)CCCCN(C)CCCCNC. The number of rotatable bonds is 87. The van der Waals surface area contributed by atoms with Crippen LogP contribution in [0.1, 0.15) is 353 Å². The third-order valence-electron chi connectivity index (χ3n) is 25.2. The highest BCUT2D eigenvalue weighted by Gasteiger charge is 2.09. The summed E-state index contributed by atoms with van der Waals surface area (Å²) in [6.45, 7) is 72.1. The molecule has 0 spiro atoms. The van der Waals surface area contributed by atoms with E-state index < -0.39 is 0 Å². The molecule has 798 valence electrons. The number of nitrogens with one attached hydrogen (secondary N) is 2. The van der Waals surface area contributed by atoms with Crippen molar-refractivity contribution in [3.8, 4) is 0 Å². The Kier molecular flexibility index (Phi) is 146. The molecule has 0 heterocycles. The lowest BCUT2D eigenvalue weighted by atomic mass is 10.2. The summed E-state index contributed by atoms with van der Waals surface area (Å²) in [4.78, 5) is 38.9. The second kappa shape index (κ2) is 129. The van der Waals surface area contributed by atoms with Crippen LogP contribution < -0.4 is 22.1 Å². The molecular weight excluding hydrogens is 1670 g/mol. The molecule has 6 N–H and O–H groups in total. The fourth-order valence-corrected chi connectivity index (χ4v) is 14.3. The maximum absolute atomic E-state index is 5.46. The molecule has 0 radical (unpaired) electrons. The Balaban J connectivity index is -0.000000187. The van der Waals surface area contributed by atoms with E-state index in [0.29, 0.717) is 0 Å². The average Bonchev–Trinajstić information content (AvgIpc) is 1.03. The Hall–Kier alpha value is -0.320. The molecule has 130 heavy (non-hydrogen) atoms. The molecule has 0 aromatic rings. The second-order valence-corrected chi connectivity index (χ2v) is 39.6. The zero-order valence-corrected chi connectivity index (χ0v) is 97.4. The quantitative estimate of drug-likeness (QED) is 0.0340. The summed E-state index contributed by atoms with van der Waals surface area (Å²) in [6, 6.07) is 0. The van der Waals surface area contributed by atoms with Crippen LogP contribution in [0, 0.1) is 0 Å². The first-order valence-corrected chi connectivity index (χ1v) is 56.9. The van der Waals surface area contributed by atoms with Gasteiger partial charge in [-0.1, -0.05) is 183 Å². The van der Waals surface area contributed by atoms with Gasteiger partial charge in [0.25, 0.3) is 0 Å². The first-order valence-electron chi connectivity index (χ1n) is 55.8. The Morgan fingerprint density at radius 2 is 0.269 bits per heavy atom. The molecule has 0 amide bonds. The highest BCUT2D eigenvalue weighted by atomic mass is 79.9. The van der Waals surface area contributed by atoms with Gasteiger partial charge in [0.2, 0.25) is 0 Å². The number of hydrogen-bond acceptors (Lipinski definition) is 20. The van der Waals surface area contributed by atoms with Gasteiger partial charge in [0.05, 0.1) is 0 Å². The molecule has 0 rings (SSSR count). The monoisotopic (exact) mass is 1920 g/mol. The standard InChI is InChI=1S/C23H53N5.C19H43N3.C13H31N3.C13H30N2.C12H29N3.C9H21N.C8H19N.C7H18N2.C5H11Br/c1-7-25(3)17-10-11-19-27(5)21-14-15-23-28(6)22-13-12-20-26(4)18-9-8-16-24-2;1-6-8-9-10-16-21(4)18-13-14-19-22(5)17-12-11-15-20(3)7-2;1-5-15(3)11-8-9-13-16(4)12-7-6-10-14-2;1-5-7-8-12-15(4)13-10-9-11-14(3)6-2;1-4-14(2)10-7-8-12-15(3)11-6-5-9-13;1-4-6-7-8-9-10(3)5-2;1-4-6-7-8-9(3)5-2;1-3-9(2)7-5-4-6-8;1-2-3-4-5-6/h24H,7-23H2,1-6H3;6-19H2,1-5H3;14H,5-13H2,1-4H3;5-13H2,1-4H3;4-13H2,1-3H3;4-9H2,1-3H3;4-8H2,1-3H3;3-8H2,1-2H3;2-5H2,1H3. The Morgan fingerprint density at radius 3 is 0.392 bits per heavy atom. The van der Waals surface area contributed by atoms with Crippen molar-refractivity contribution in [2.45, 2.75) is 353 Å². The van der Waals surface area contributed by atoms with Gasteiger partial charge in [-0.3, -0.25) is 0 Å². The molecule has 0 aliphatic carbocycles. The largest absolute Gasteiger partial charge is 0.330 e. The first-order chi connectivity index (χ1) is 62.5. The molecule has 0 aromatic heterocycles. The molecule has 21 heteroatoms. The topological polar surface area (TPSA) is 128 Å². The Labute approximate surface area is 832 Å². The van der Waals surface area contributed by atoms with Gasteiger partial charge in [-0.15, -0.1) is 0 Å². The Bertz CT molecular complexity index is 1830. The van der Waals surface area contributed by atoms with E-state index in [-0.39, 0.29) is 0 Å². The predicted octanol–water partition coefficient (Wildman–Crippen LogP) is 20.8. The molecule has 0 saturated carbocycles. The summed E-state index contributed by atoms with van der Waals surface area (Å²) in [6.07, 6.45) is 54.4.